The highest BCUT2D eigenvalue weighted by Gasteiger charge is 2.25. The van der Waals surface area contributed by atoms with Crippen molar-refractivity contribution in [3.8, 4) is 5.75 Å². The van der Waals surface area contributed by atoms with Crippen LogP contribution in [-0.4, -0.2) is 25.0 Å². The number of ether oxygens (including phenoxy) is 2. The monoisotopic (exact) mass is 373 g/mol. The molecule has 27 heavy (non-hydrogen) atoms. The first-order chi connectivity index (χ1) is 12.9. The Kier molecular flexibility index (Phi) is 7.34. The minimum absolute atomic E-state index is 0.0858. The second-order valence-corrected chi connectivity index (χ2v) is 6.53. The summed E-state index contributed by atoms with van der Waals surface area (Å²) in [6, 6.07) is 12.8. The average molecular weight is 373 g/mol. The number of rotatable bonds is 8. The van der Waals surface area contributed by atoms with Gasteiger partial charge in [0.15, 0.2) is 11.6 Å². The maximum atomic E-state index is 13.7. The highest BCUT2D eigenvalue weighted by atomic mass is 19.1. The van der Waals surface area contributed by atoms with Gasteiger partial charge in [-0.15, -0.1) is 0 Å². The minimum atomic E-state index is -0.774. The zero-order valence-corrected chi connectivity index (χ0v) is 15.7. The van der Waals surface area contributed by atoms with Crippen molar-refractivity contribution in [2.24, 2.45) is 5.92 Å². The number of methoxy groups -OCH3 is 1. The Morgan fingerprint density at radius 1 is 1.07 bits per heavy atom. The van der Waals surface area contributed by atoms with Gasteiger partial charge in [-0.3, -0.25) is 4.79 Å². The van der Waals surface area contributed by atoms with E-state index in [4.69, 9.17) is 9.47 Å². The molecular weight excluding hydrogens is 349 g/mol. The third kappa shape index (κ3) is 6.09. The first-order valence-corrected chi connectivity index (χ1v) is 8.73. The standard InChI is InChI=1S/C21H24FNO4/c1-14(2)20(23-19(24)12-15-7-5-4-6-8-15)21(25)27-13-16-9-10-18(26-3)17(22)11-16/h4-11,14,20H,12-13H2,1-3H3,(H,23,24)/t20-/m0/s1. The molecule has 144 valence electrons. The molecule has 6 heteroatoms. The van der Waals surface area contributed by atoms with Crippen LogP contribution in [0, 0.1) is 11.7 Å². The Labute approximate surface area is 158 Å². The van der Waals surface area contributed by atoms with Gasteiger partial charge in [-0.2, -0.15) is 0 Å². The molecule has 2 rings (SSSR count). The van der Waals surface area contributed by atoms with Crippen molar-refractivity contribution in [2.75, 3.05) is 7.11 Å². The molecule has 1 amide bonds. The zero-order valence-electron chi connectivity index (χ0n) is 15.7. The summed E-state index contributed by atoms with van der Waals surface area (Å²) < 4.78 is 23.8. The van der Waals surface area contributed by atoms with Crippen LogP contribution in [0.25, 0.3) is 0 Å². The Hall–Kier alpha value is -2.89. The van der Waals surface area contributed by atoms with Gasteiger partial charge in [0.2, 0.25) is 5.91 Å². The Balaban J connectivity index is 1.94. The number of hydrogen-bond acceptors (Lipinski definition) is 4. The lowest BCUT2D eigenvalue weighted by Gasteiger charge is -2.21. The molecule has 0 bridgehead atoms. The topological polar surface area (TPSA) is 64.6 Å². The molecule has 0 heterocycles. The Morgan fingerprint density at radius 3 is 2.37 bits per heavy atom. The molecule has 0 radical (unpaired) electrons. The number of amides is 1. The van der Waals surface area contributed by atoms with Crippen LogP contribution in [0.2, 0.25) is 0 Å². The molecule has 0 fully saturated rings. The molecule has 0 spiro atoms. The molecular formula is C21H24FNO4. The first kappa shape index (κ1) is 20.4. The third-order valence-corrected chi connectivity index (χ3v) is 4.04. The maximum absolute atomic E-state index is 13.7. The van der Waals surface area contributed by atoms with E-state index in [9.17, 15) is 14.0 Å². The van der Waals surface area contributed by atoms with Crippen molar-refractivity contribution in [3.63, 3.8) is 0 Å². The molecule has 0 saturated carbocycles. The van der Waals surface area contributed by atoms with Crippen molar-refractivity contribution in [1.82, 2.24) is 5.32 Å². The molecule has 2 aromatic rings. The van der Waals surface area contributed by atoms with Crippen molar-refractivity contribution in [2.45, 2.75) is 32.9 Å². The van der Waals surface area contributed by atoms with E-state index in [-0.39, 0.29) is 30.6 Å². The molecule has 1 N–H and O–H groups in total. The van der Waals surface area contributed by atoms with Gasteiger partial charge in [-0.25, -0.2) is 9.18 Å². The lowest BCUT2D eigenvalue weighted by atomic mass is 10.0. The van der Waals surface area contributed by atoms with E-state index >= 15 is 0 Å². The molecule has 1 atom stereocenters. The van der Waals surface area contributed by atoms with E-state index in [2.05, 4.69) is 5.32 Å². The highest BCUT2D eigenvalue weighted by Crippen LogP contribution is 2.18. The molecule has 0 aliphatic heterocycles. The van der Waals surface area contributed by atoms with Gasteiger partial charge in [0, 0.05) is 0 Å². The number of benzene rings is 2. The van der Waals surface area contributed by atoms with Crippen molar-refractivity contribution in [3.05, 3.63) is 65.5 Å². The normalized spacial score (nSPS) is 11.7. The fourth-order valence-electron chi connectivity index (χ4n) is 2.55. The summed E-state index contributed by atoms with van der Waals surface area (Å²) in [7, 11) is 1.38. The summed E-state index contributed by atoms with van der Waals surface area (Å²) in [6.07, 6.45) is 0.182. The van der Waals surface area contributed by atoms with Crippen LogP contribution in [-0.2, 0) is 27.4 Å². The molecule has 0 aliphatic rings. The predicted octanol–water partition coefficient (Wildman–Crippen LogP) is 3.26. The van der Waals surface area contributed by atoms with E-state index in [1.165, 1.54) is 19.2 Å². The van der Waals surface area contributed by atoms with Gasteiger partial charge in [0.05, 0.1) is 13.5 Å². The molecule has 5 nitrogen and oxygen atoms in total. The van der Waals surface area contributed by atoms with Crippen LogP contribution < -0.4 is 10.1 Å². The SMILES string of the molecule is COc1ccc(COC(=O)[C@@H](NC(=O)Cc2ccccc2)C(C)C)cc1F. The van der Waals surface area contributed by atoms with Gasteiger partial charge in [-0.05, 0) is 29.2 Å². The zero-order chi connectivity index (χ0) is 19.8. The van der Waals surface area contributed by atoms with Crippen LogP contribution in [0.1, 0.15) is 25.0 Å². The smallest absolute Gasteiger partial charge is 0.329 e. The van der Waals surface area contributed by atoms with Crippen LogP contribution in [0.3, 0.4) is 0 Å². The fourth-order valence-corrected chi connectivity index (χ4v) is 2.55. The number of halogens is 1. The van der Waals surface area contributed by atoms with Crippen molar-refractivity contribution in [1.29, 1.82) is 0 Å². The van der Waals surface area contributed by atoms with E-state index in [1.54, 1.807) is 6.07 Å². The third-order valence-electron chi connectivity index (χ3n) is 4.04. The molecule has 0 aliphatic carbocycles. The maximum Gasteiger partial charge on any atom is 0.329 e. The van der Waals surface area contributed by atoms with Crippen LogP contribution in [0.5, 0.6) is 5.75 Å². The molecule has 0 unspecified atom stereocenters. The number of nitrogens with one attached hydrogen (secondary N) is 1. The quantitative estimate of drug-likeness (QED) is 0.722. The van der Waals surface area contributed by atoms with Crippen LogP contribution in [0.4, 0.5) is 4.39 Å². The second kappa shape index (κ2) is 9.71. The average Bonchev–Trinajstić information content (AvgIpc) is 2.65. The predicted molar refractivity (Wildman–Crippen MR) is 99.7 cm³/mol. The minimum Gasteiger partial charge on any atom is -0.494 e. The summed E-state index contributed by atoms with van der Waals surface area (Å²) in [5.74, 6) is -1.36. The van der Waals surface area contributed by atoms with Crippen molar-refractivity contribution < 1.29 is 23.5 Å². The van der Waals surface area contributed by atoms with Gasteiger partial charge in [0.25, 0.3) is 0 Å². The summed E-state index contributed by atoms with van der Waals surface area (Å²) >= 11 is 0. The fraction of sp³-hybridized carbons (Fsp3) is 0.333. The molecule has 2 aromatic carbocycles. The lowest BCUT2D eigenvalue weighted by molar-refractivity contribution is -0.150. The van der Waals surface area contributed by atoms with Crippen LogP contribution in [0.15, 0.2) is 48.5 Å². The summed E-state index contributed by atoms with van der Waals surface area (Å²) in [5, 5.41) is 2.72. The number of carbonyl (C=O) groups excluding carboxylic acids is 2. The first-order valence-electron chi connectivity index (χ1n) is 8.73. The molecule has 0 saturated heterocycles. The van der Waals surface area contributed by atoms with Crippen molar-refractivity contribution >= 4 is 11.9 Å². The van der Waals surface area contributed by atoms with Crippen LogP contribution >= 0.6 is 0 Å². The summed E-state index contributed by atoms with van der Waals surface area (Å²) in [6.45, 7) is 3.56. The van der Waals surface area contributed by atoms with E-state index in [0.717, 1.165) is 5.56 Å². The van der Waals surface area contributed by atoms with Gasteiger partial charge in [0.1, 0.15) is 12.6 Å². The van der Waals surface area contributed by atoms with Gasteiger partial charge >= 0.3 is 5.97 Å². The van der Waals surface area contributed by atoms with E-state index in [1.807, 2.05) is 44.2 Å². The second-order valence-electron chi connectivity index (χ2n) is 6.53. The molecule has 0 aromatic heterocycles. The number of esters is 1. The summed E-state index contributed by atoms with van der Waals surface area (Å²) in [5.41, 5.74) is 1.36. The van der Waals surface area contributed by atoms with E-state index in [0.29, 0.717) is 5.56 Å². The number of carbonyl (C=O) groups is 2. The van der Waals surface area contributed by atoms with Gasteiger partial charge in [-0.1, -0.05) is 50.2 Å². The Bertz CT molecular complexity index is 777. The lowest BCUT2D eigenvalue weighted by Crippen LogP contribution is -2.45. The van der Waals surface area contributed by atoms with Gasteiger partial charge < -0.3 is 14.8 Å². The van der Waals surface area contributed by atoms with E-state index < -0.39 is 17.8 Å². The largest absolute Gasteiger partial charge is 0.494 e. The Morgan fingerprint density at radius 2 is 1.78 bits per heavy atom. The highest BCUT2D eigenvalue weighted by molar-refractivity contribution is 5.85. The number of hydrogen-bond donors (Lipinski definition) is 1. The summed E-state index contributed by atoms with van der Waals surface area (Å²) in [4.78, 5) is 24.6.